The maximum Gasteiger partial charge on any atom is 0.417 e. The summed E-state index contributed by atoms with van der Waals surface area (Å²) < 4.78 is 39.2. The smallest absolute Gasteiger partial charge is 0.318 e. The highest BCUT2D eigenvalue weighted by Crippen LogP contribution is 2.31. The lowest BCUT2D eigenvalue weighted by Crippen LogP contribution is -2.39. The molecule has 0 spiro atoms. The second-order valence-corrected chi connectivity index (χ2v) is 6.02. The number of nitrogens with zero attached hydrogens (tertiary/aromatic N) is 3. The fourth-order valence-electron chi connectivity index (χ4n) is 2.85. The molecule has 2 heterocycles. The quantitative estimate of drug-likeness (QED) is 0.878. The number of fused-ring (bicyclic) bond motifs is 1. The molecule has 0 aliphatic carbocycles. The molecule has 1 aromatic carbocycles. The van der Waals surface area contributed by atoms with E-state index < -0.39 is 29.5 Å². The van der Waals surface area contributed by atoms with Crippen LogP contribution in [0.3, 0.4) is 0 Å². The molecule has 142 valence electrons. The summed E-state index contributed by atoms with van der Waals surface area (Å²) >= 11 is 0. The van der Waals surface area contributed by atoms with Gasteiger partial charge < -0.3 is 10.2 Å². The van der Waals surface area contributed by atoms with Crippen molar-refractivity contribution in [3.05, 3.63) is 47.2 Å². The molecule has 3 rings (SSSR count). The predicted octanol–water partition coefficient (Wildman–Crippen LogP) is 2.77. The number of rotatable bonds is 3. The van der Waals surface area contributed by atoms with Crippen molar-refractivity contribution in [3.8, 4) is 0 Å². The fraction of sp³-hybridized carbons (Fsp3) is 0.333. The molecule has 27 heavy (non-hydrogen) atoms. The van der Waals surface area contributed by atoms with Crippen LogP contribution in [-0.4, -0.2) is 41.5 Å². The summed E-state index contributed by atoms with van der Waals surface area (Å²) in [7, 11) is 0. The lowest BCUT2D eigenvalue weighted by molar-refractivity contribution is -0.138. The van der Waals surface area contributed by atoms with E-state index in [0.29, 0.717) is 30.7 Å². The molecule has 1 aromatic rings. The van der Waals surface area contributed by atoms with E-state index in [-0.39, 0.29) is 5.91 Å². The highest BCUT2D eigenvalue weighted by Gasteiger charge is 2.35. The third-order valence-electron chi connectivity index (χ3n) is 4.21. The maximum atomic E-state index is 13.1. The number of allylic oxidation sites excluding steroid dienone is 1. The molecule has 6 nitrogen and oxygen atoms in total. The number of aliphatic imine (C=N–C) groups is 2. The summed E-state index contributed by atoms with van der Waals surface area (Å²) in [4.78, 5) is 34.0. The van der Waals surface area contributed by atoms with Crippen molar-refractivity contribution in [2.45, 2.75) is 32.2 Å². The Kier molecular flexibility index (Phi) is 5.11. The second-order valence-electron chi connectivity index (χ2n) is 6.02. The first-order valence-corrected chi connectivity index (χ1v) is 8.38. The highest BCUT2D eigenvalue weighted by atomic mass is 19.4. The van der Waals surface area contributed by atoms with E-state index in [1.165, 1.54) is 18.3 Å². The monoisotopic (exact) mass is 378 g/mol. The number of alkyl halides is 3. The third-order valence-corrected chi connectivity index (χ3v) is 4.21. The maximum absolute atomic E-state index is 13.1. The number of hydrogen-bond donors (Lipinski definition) is 1. The van der Waals surface area contributed by atoms with E-state index in [1.807, 2.05) is 0 Å². The lowest BCUT2D eigenvalue weighted by atomic mass is 10.0. The van der Waals surface area contributed by atoms with Gasteiger partial charge in [0.15, 0.2) is 0 Å². The van der Waals surface area contributed by atoms with Crippen LogP contribution in [-0.2, 0) is 11.0 Å². The van der Waals surface area contributed by atoms with Gasteiger partial charge >= 0.3 is 6.18 Å². The van der Waals surface area contributed by atoms with Crippen molar-refractivity contribution in [2.75, 3.05) is 6.54 Å². The van der Waals surface area contributed by atoms with Crippen LogP contribution < -0.4 is 5.32 Å². The highest BCUT2D eigenvalue weighted by molar-refractivity contribution is 6.18. The van der Waals surface area contributed by atoms with Crippen LogP contribution in [0.1, 0.15) is 35.7 Å². The topological polar surface area (TPSA) is 74.1 Å². The molecule has 1 atom stereocenters. The fourth-order valence-corrected chi connectivity index (χ4v) is 2.85. The molecule has 2 aliphatic rings. The van der Waals surface area contributed by atoms with E-state index in [9.17, 15) is 22.8 Å². The molecule has 1 unspecified atom stereocenters. The molecule has 0 aromatic heterocycles. The number of benzene rings is 1. The second kappa shape index (κ2) is 7.34. The van der Waals surface area contributed by atoms with Crippen molar-refractivity contribution in [1.29, 1.82) is 0 Å². The van der Waals surface area contributed by atoms with E-state index in [4.69, 9.17) is 0 Å². The van der Waals surface area contributed by atoms with Crippen LogP contribution in [0.4, 0.5) is 13.2 Å². The van der Waals surface area contributed by atoms with Gasteiger partial charge in [0.05, 0.1) is 16.8 Å². The molecule has 0 radical (unpaired) electrons. The molecule has 0 bridgehead atoms. The van der Waals surface area contributed by atoms with E-state index >= 15 is 0 Å². The normalized spacial score (nSPS) is 19.1. The summed E-state index contributed by atoms with van der Waals surface area (Å²) in [6.07, 6.45) is -1.66. The number of amides is 2. The first kappa shape index (κ1) is 18.8. The molecule has 2 aliphatic heterocycles. The van der Waals surface area contributed by atoms with Crippen molar-refractivity contribution >= 4 is 23.7 Å². The van der Waals surface area contributed by atoms with Gasteiger partial charge in [0.2, 0.25) is 12.2 Å². The average Bonchev–Trinajstić information content (AvgIpc) is 2.66. The van der Waals surface area contributed by atoms with Crippen molar-refractivity contribution in [1.82, 2.24) is 10.2 Å². The van der Waals surface area contributed by atoms with Crippen LogP contribution >= 0.6 is 0 Å². The van der Waals surface area contributed by atoms with Gasteiger partial charge in [-0.1, -0.05) is 19.1 Å². The Bertz CT molecular complexity index is 858. The molecule has 0 saturated carbocycles. The Labute approximate surface area is 153 Å². The largest absolute Gasteiger partial charge is 0.417 e. The Hall–Kier alpha value is -2.97. The van der Waals surface area contributed by atoms with Gasteiger partial charge in [-0.25, -0.2) is 9.98 Å². The third kappa shape index (κ3) is 4.07. The number of hydrogen-bond acceptors (Lipinski definition) is 4. The van der Waals surface area contributed by atoms with Crippen molar-refractivity contribution < 1.29 is 22.8 Å². The minimum absolute atomic E-state index is 0.0193. The van der Waals surface area contributed by atoms with Crippen LogP contribution in [0.2, 0.25) is 0 Å². The van der Waals surface area contributed by atoms with Gasteiger partial charge in [0, 0.05) is 37.4 Å². The van der Waals surface area contributed by atoms with E-state index in [1.54, 1.807) is 18.0 Å². The Morgan fingerprint density at radius 3 is 2.74 bits per heavy atom. The van der Waals surface area contributed by atoms with Gasteiger partial charge in [-0.2, -0.15) is 13.2 Å². The average molecular weight is 378 g/mol. The van der Waals surface area contributed by atoms with Gasteiger partial charge in [0.1, 0.15) is 0 Å². The Balaban J connectivity index is 1.76. The first-order valence-electron chi connectivity index (χ1n) is 8.38. The zero-order valence-corrected chi connectivity index (χ0v) is 14.5. The minimum atomic E-state index is -4.63. The zero-order chi connectivity index (χ0) is 19.6. The van der Waals surface area contributed by atoms with E-state index in [0.717, 1.165) is 12.1 Å². The summed E-state index contributed by atoms with van der Waals surface area (Å²) in [5, 5.41) is 2.39. The summed E-state index contributed by atoms with van der Waals surface area (Å²) in [6.45, 7) is 2.23. The number of nitrogens with one attached hydrogen (secondary N) is 1. The van der Waals surface area contributed by atoms with Gasteiger partial charge in [-0.05, 0) is 12.1 Å². The van der Waals surface area contributed by atoms with Crippen LogP contribution in [0, 0.1) is 0 Å². The molecule has 1 N–H and O–H groups in total. The van der Waals surface area contributed by atoms with Crippen LogP contribution in [0.25, 0.3) is 0 Å². The van der Waals surface area contributed by atoms with Gasteiger partial charge in [-0.3, -0.25) is 9.59 Å². The Morgan fingerprint density at radius 2 is 2.04 bits per heavy atom. The predicted molar refractivity (Wildman–Crippen MR) is 93.3 cm³/mol. The zero-order valence-electron chi connectivity index (χ0n) is 14.5. The minimum Gasteiger partial charge on any atom is -0.318 e. The first-order chi connectivity index (χ1) is 12.8. The van der Waals surface area contributed by atoms with Gasteiger partial charge in [0.25, 0.3) is 5.91 Å². The van der Waals surface area contributed by atoms with Crippen LogP contribution in [0.5, 0.6) is 0 Å². The summed E-state index contributed by atoms with van der Waals surface area (Å²) in [5.41, 5.74) is -0.184. The molecule has 2 amide bonds. The van der Waals surface area contributed by atoms with Crippen molar-refractivity contribution in [2.24, 2.45) is 9.98 Å². The standard InChI is InChI=1S/C18H17F3N4O2/c1-2-15(26)25-8-7-14-11(10-25)9-22-17(23-14)24-16(27)12-5-3-4-6-13(12)18(19,20)21/h3-6,9-10,17H,2,7-8H2,1H3,(H,24,27). The number of carbonyl (C=O) groups is 2. The van der Waals surface area contributed by atoms with E-state index in [2.05, 4.69) is 15.3 Å². The molecular formula is C18H17F3N4O2. The molecule has 0 saturated heterocycles. The molecular weight excluding hydrogens is 361 g/mol. The Morgan fingerprint density at radius 1 is 1.30 bits per heavy atom. The molecule has 0 fully saturated rings. The SMILES string of the molecule is CCC(=O)N1C=C2C=NC(NC(=O)c3ccccc3C(F)(F)F)N=C2CC1. The number of halogens is 3. The van der Waals surface area contributed by atoms with Gasteiger partial charge in [-0.15, -0.1) is 0 Å². The summed E-state index contributed by atoms with van der Waals surface area (Å²) in [5.74, 6) is -0.922. The van der Waals surface area contributed by atoms with Crippen molar-refractivity contribution in [3.63, 3.8) is 0 Å². The van der Waals surface area contributed by atoms with Crippen LogP contribution in [0.15, 0.2) is 46.0 Å². The summed E-state index contributed by atoms with van der Waals surface area (Å²) in [6, 6.07) is 4.55. The lowest BCUT2D eigenvalue weighted by Gasteiger charge is -2.27. The molecule has 9 heteroatoms. The number of carbonyl (C=O) groups excluding carboxylic acids is 2.